The van der Waals surface area contributed by atoms with Crippen molar-refractivity contribution in [3.8, 4) is 0 Å². The van der Waals surface area contributed by atoms with Crippen LogP contribution in [0.1, 0.15) is 53.7 Å². The number of fused-ring (bicyclic) bond motifs is 1. The van der Waals surface area contributed by atoms with Crippen molar-refractivity contribution >= 4 is 0 Å². The van der Waals surface area contributed by atoms with Crippen LogP contribution >= 0.6 is 0 Å². The maximum absolute atomic E-state index is 6.24. The number of nitrogens with two attached hydrogens (primary N) is 1. The summed E-state index contributed by atoms with van der Waals surface area (Å²) in [5, 5.41) is 3.73. The van der Waals surface area contributed by atoms with Gasteiger partial charge in [-0.15, -0.1) is 0 Å². The van der Waals surface area contributed by atoms with Crippen LogP contribution in [0.15, 0.2) is 48.5 Å². The van der Waals surface area contributed by atoms with E-state index in [0.29, 0.717) is 12.1 Å². The van der Waals surface area contributed by atoms with Crippen LogP contribution in [0.2, 0.25) is 0 Å². The monoisotopic (exact) mass is 266 g/mol. The van der Waals surface area contributed by atoms with E-state index in [9.17, 15) is 0 Å². The molecule has 1 aliphatic carbocycles. The lowest BCUT2D eigenvalue weighted by Gasteiger charge is -2.21. The second kappa shape index (κ2) is 5.39. The molecule has 20 heavy (non-hydrogen) atoms. The van der Waals surface area contributed by atoms with Crippen LogP contribution in [0.25, 0.3) is 0 Å². The Labute approximate surface area is 121 Å². The Morgan fingerprint density at radius 1 is 1.10 bits per heavy atom. The van der Waals surface area contributed by atoms with Gasteiger partial charge in [-0.2, -0.15) is 0 Å². The second-order valence-electron chi connectivity index (χ2n) is 5.83. The molecule has 2 heteroatoms. The minimum atomic E-state index is 0.161. The number of aryl methyl sites for hydroxylation is 1. The summed E-state index contributed by atoms with van der Waals surface area (Å²) in [6, 6.07) is 18.1. The third-order valence-electron chi connectivity index (χ3n) is 4.25. The van der Waals surface area contributed by atoms with E-state index in [4.69, 9.17) is 5.73 Å². The Kier molecular flexibility index (Phi) is 3.60. The number of rotatable bonds is 3. The van der Waals surface area contributed by atoms with Crippen molar-refractivity contribution in [2.45, 2.75) is 38.4 Å². The molecule has 0 saturated heterocycles. The highest BCUT2D eigenvalue weighted by Gasteiger charge is 2.28. The van der Waals surface area contributed by atoms with E-state index >= 15 is 0 Å². The van der Waals surface area contributed by atoms with Gasteiger partial charge in [-0.3, -0.25) is 0 Å². The minimum Gasteiger partial charge on any atom is -0.324 e. The average Bonchev–Trinajstić information content (AvgIpc) is 2.76. The molecule has 0 heterocycles. The van der Waals surface area contributed by atoms with E-state index in [-0.39, 0.29) is 6.04 Å². The van der Waals surface area contributed by atoms with Crippen molar-refractivity contribution in [3.05, 3.63) is 70.8 Å². The van der Waals surface area contributed by atoms with Crippen LogP contribution < -0.4 is 11.1 Å². The van der Waals surface area contributed by atoms with Crippen molar-refractivity contribution < 1.29 is 0 Å². The predicted octanol–water partition coefficient (Wildman–Crippen LogP) is 3.79. The Morgan fingerprint density at radius 2 is 1.85 bits per heavy atom. The van der Waals surface area contributed by atoms with E-state index < -0.39 is 0 Å². The maximum Gasteiger partial charge on any atom is 0.0347 e. The molecule has 1 aliphatic rings. The molecule has 3 N–H and O–H groups in total. The van der Waals surface area contributed by atoms with Gasteiger partial charge in [-0.05, 0) is 37.0 Å². The molecule has 2 nitrogen and oxygen atoms in total. The van der Waals surface area contributed by atoms with Crippen LogP contribution in [0.4, 0.5) is 0 Å². The van der Waals surface area contributed by atoms with Gasteiger partial charge in [0.05, 0.1) is 0 Å². The fourth-order valence-corrected chi connectivity index (χ4v) is 3.17. The molecule has 0 aromatic heterocycles. The first kappa shape index (κ1) is 13.3. The third kappa shape index (κ3) is 2.49. The molecular formula is C18H22N2. The Balaban J connectivity index is 1.79. The minimum absolute atomic E-state index is 0.161. The highest BCUT2D eigenvalue weighted by molar-refractivity contribution is 5.37. The van der Waals surface area contributed by atoms with Gasteiger partial charge < -0.3 is 11.1 Å². The number of benzene rings is 2. The van der Waals surface area contributed by atoms with E-state index in [0.717, 1.165) is 6.42 Å². The molecule has 0 bridgehead atoms. The fraction of sp³-hybridized carbons (Fsp3) is 0.333. The highest BCUT2D eigenvalue weighted by Crippen LogP contribution is 2.38. The summed E-state index contributed by atoms with van der Waals surface area (Å²) < 4.78 is 0. The Hall–Kier alpha value is -1.64. The van der Waals surface area contributed by atoms with Crippen LogP contribution in [-0.2, 0) is 0 Å². The van der Waals surface area contributed by atoms with Crippen molar-refractivity contribution in [3.63, 3.8) is 0 Å². The zero-order valence-corrected chi connectivity index (χ0v) is 12.1. The van der Waals surface area contributed by atoms with Gasteiger partial charge in [0.2, 0.25) is 0 Å². The number of hydrogen-bond acceptors (Lipinski definition) is 2. The summed E-state index contributed by atoms with van der Waals surface area (Å²) in [5.41, 5.74) is 11.5. The van der Waals surface area contributed by atoms with Gasteiger partial charge in [0.25, 0.3) is 0 Å². The zero-order chi connectivity index (χ0) is 14.1. The topological polar surface area (TPSA) is 38.0 Å². The van der Waals surface area contributed by atoms with Gasteiger partial charge in [0, 0.05) is 18.1 Å². The van der Waals surface area contributed by atoms with Crippen LogP contribution in [0.5, 0.6) is 0 Å². The first-order valence-corrected chi connectivity index (χ1v) is 7.32. The summed E-state index contributed by atoms with van der Waals surface area (Å²) in [4.78, 5) is 0. The first-order valence-electron chi connectivity index (χ1n) is 7.32. The zero-order valence-electron chi connectivity index (χ0n) is 12.1. The van der Waals surface area contributed by atoms with Crippen molar-refractivity contribution in [1.82, 2.24) is 5.32 Å². The molecule has 0 aliphatic heterocycles. The lowest BCUT2D eigenvalue weighted by Crippen LogP contribution is -2.23. The third-order valence-corrected chi connectivity index (χ3v) is 4.25. The highest BCUT2D eigenvalue weighted by atomic mass is 15.0. The number of nitrogens with one attached hydrogen (secondary N) is 1. The Bertz CT molecular complexity index is 606. The molecule has 2 unspecified atom stereocenters. The number of hydrogen-bond donors (Lipinski definition) is 2. The van der Waals surface area contributed by atoms with Crippen LogP contribution in [0.3, 0.4) is 0 Å². The molecule has 3 rings (SSSR count). The van der Waals surface area contributed by atoms with Crippen LogP contribution in [-0.4, -0.2) is 0 Å². The largest absolute Gasteiger partial charge is 0.324 e. The van der Waals surface area contributed by atoms with Gasteiger partial charge in [-0.1, -0.05) is 54.1 Å². The lowest BCUT2D eigenvalue weighted by molar-refractivity contribution is 0.445. The maximum atomic E-state index is 6.24. The normalized spacial score (nSPS) is 22.6. The van der Waals surface area contributed by atoms with E-state index in [2.05, 4.69) is 67.7 Å². The second-order valence-corrected chi connectivity index (χ2v) is 5.83. The summed E-state index contributed by atoms with van der Waals surface area (Å²) in [5.74, 6) is 0. The molecule has 0 fully saturated rings. The predicted molar refractivity (Wildman–Crippen MR) is 83.5 cm³/mol. The molecule has 0 radical (unpaired) electrons. The van der Waals surface area contributed by atoms with Crippen molar-refractivity contribution in [1.29, 1.82) is 0 Å². The van der Waals surface area contributed by atoms with Crippen molar-refractivity contribution in [2.75, 3.05) is 0 Å². The Morgan fingerprint density at radius 3 is 2.60 bits per heavy atom. The SMILES string of the molecule is Cc1cccc([C@@H](C)NC2CC(N)c3ccccc32)c1. The lowest BCUT2D eigenvalue weighted by atomic mass is 10.0. The van der Waals surface area contributed by atoms with Crippen LogP contribution in [0, 0.1) is 6.92 Å². The first-order chi connectivity index (χ1) is 9.65. The smallest absolute Gasteiger partial charge is 0.0347 e. The molecule has 0 spiro atoms. The van der Waals surface area contributed by atoms with E-state index in [1.165, 1.54) is 22.3 Å². The van der Waals surface area contributed by atoms with Gasteiger partial charge in [-0.25, -0.2) is 0 Å². The molecule has 3 atom stereocenters. The molecule has 2 aromatic carbocycles. The van der Waals surface area contributed by atoms with Gasteiger partial charge >= 0.3 is 0 Å². The standard InChI is InChI=1S/C18H22N2/c1-12-6-5-7-14(10-12)13(2)20-18-11-17(19)15-8-3-4-9-16(15)18/h3-10,13,17-18,20H,11,19H2,1-2H3/t13-,17?,18?/m1/s1. The van der Waals surface area contributed by atoms with Gasteiger partial charge in [0.1, 0.15) is 0 Å². The van der Waals surface area contributed by atoms with E-state index in [1.54, 1.807) is 0 Å². The quantitative estimate of drug-likeness (QED) is 0.887. The average molecular weight is 266 g/mol. The molecule has 2 aromatic rings. The summed E-state index contributed by atoms with van der Waals surface area (Å²) in [7, 11) is 0. The van der Waals surface area contributed by atoms with Crippen molar-refractivity contribution in [2.24, 2.45) is 5.73 Å². The summed E-state index contributed by atoms with van der Waals surface area (Å²) in [6.45, 7) is 4.36. The summed E-state index contributed by atoms with van der Waals surface area (Å²) >= 11 is 0. The fourth-order valence-electron chi connectivity index (χ4n) is 3.17. The van der Waals surface area contributed by atoms with Gasteiger partial charge in [0.15, 0.2) is 0 Å². The van der Waals surface area contributed by atoms with E-state index in [1.807, 2.05) is 0 Å². The molecule has 104 valence electrons. The molecule has 0 amide bonds. The molecular weight excluding hydrogens is 244 g/mol. The molecule has 0 saturated carbocycles. The summed E-state index contributed by atoms with van der Waals surface area (Å²) in [6.07, 6.45) is 0.982.